The number of esters is 1. The third kappa shape index (κ3) is 5.03. The number of halogens is 1. The molecule has 0 saturated heterocycles. The third-order valence-corrected chi connectivity index (χ3v) is 6.51. The van der Waals surface area contributed by atoms with Gasteiger partial charge in [0.2, 0.25) is 0 Å². The van der Waals surface area contributed by atoms with Crippen molar-refractivity contribution in [3.63, 3.8) is 0 Å². The molecule has 34 heavy (non-hydrogen) atoms. The Morgan fingerprint density at radius 1 is 1.12 bits per heavy atom. The molecule has 178 valence electrons. The number of carbonyl (C=O) groups is 2. The van der Waals surface area contributed by atoms with Gasteiger partial charge in [0.15, 0.2) is 5.78 Å². The maximum atomic E-state index is 13.5. The maximum Gasteiger partial charge on any atom is 0.336 e. The molecule has 1 aliphatic carbocycles. The number of carbonyl (C=O) groups excluding carboxylic acids is 2. The molecular formula is C27H28ClNO5. The normalized spacial score (nSPS) is 20.1. The Labute approximate surface area is 204 Å². The first kappa shape index (κ1) is 24.0. The van der Waals surface area contributed by atoms with Gasteiger partial charge in [0.05, 0.1) is 12.2 Å². The first-order valence-electron chi connectivity index (χ1n) is 11.4. The topological polar surface area (TPSA) is 84.9 Å². The summed E-state index contributed by atoms with van der Waals surface area (Å²) in [4.78, 5) is 26.7. The maximum absolute atomic E-state index is 13.5. The van der Waals surface area contributed by atoms with Crippen LogP contribution >= 0.6 is 11.6 Å². The minimum atomic E-state index is -0.624. The minimum Gasteiger partial charge on any atom is -0.508 e. The number of phenolic OH excluding ortho intramolecular Hbond substituents is 1. The van der Waals surface area contributed by atoms with Crippen molar-refractivity contribution in [2.24, 2.45) is 0 Å². The number of allylic oxidation sites excluding steroid dienone is 3. The zero-order chi connectivity index (χ0) is 24.2. The van der Waals surface area contributed by atoms with Crippen LogP contribution in [0.5, 0.6) is 5.75 Å². The van der Waals surface area contributed by atoms with Crippen molar-refractivity contribution in [3.8, 4) is 5.75 Å². The SMILES string of the molecule is CCOCCOC(=O)C1=C(C)NC2=C(C(=O)C[C@H](c3ccc(Cl)cc3)C2)[C@@H]1c1cccc(O)c1. The van der Waals surface area contributed by atoms with E-state index in [9.17, 15) is 14.7 Å². The van der Waals surface area contributed by atoms with Gasteiger partial charge in [0, 0.05) is 40.9 Å². The molecule has 2 aromatic rings. The van der Waals surface area contributed by atoms with Gasteiger partial charge in [0.25, 0.3) is 0 Å². The van der Waals surface area contributed by atoms with E-state index in [1.807, 2.05) is 44.2 Å². The lowest BCUT2D eigenvalue weighted by Gasteiger charge is -2.36. The largest absolute Gasteiger partial charge is 0.508 e. The Bertz CT molecular complexity index is 1150. The molecule has 7 heteroatoms. The molecule has 1 aliphatic heterocycles. The Morgan fingerprint density at radius 3 is 2.59 bits per heavy atom. The summed E-state index contributed by atoms with van der Waals surface area (Å²) in [6.07, 6.45) is 0.950. The highest BCUT2D eigenvalue weighted by Gasteiger charge is 2.41. The van der Waals surface area contributed by atoms with E-state index < -0.39 is 11.9 Å². The number of Topliss-reactive ketones (excluding diaryl/α,β-unsaturated/α-hetero) is 1. The van der Waals surface area contributed by atoms with Gasteiger partial charge in [-0.05, 0) is 61.6 Å². The molecule has 2 atom stereocenters. The summed E-state index contributed by atoms with van der Waals surface area (Å²) in [5.41, 5.74) is 4.08. The number of phenols is 1. The van der Waals surface area contributed by atoms with Gasteiger partial charge in [-0.2, -0.15) is 0 Å². The van der Waals surface area contributed by atoms with Crippen LogP contribution in [-0.4, -0.2) is 36.7 Å². The van der Waals surface area contributed by atoms with Gasteiger partial charge < -0.3 is 19.9 Å². The second kappa shape index (κ2) is 10.5. The second-order valence-electron chi connectivity index (χ2n) is 8.50. The number of rotatable bonds is 7. The van der Waals surface area contributed by atoms with E-state index in [0.29, 0.717) is 53.5 Å². The number of ether oxygens (including phenoxy) is 2. The molecule has 0 amide bonds. The Morgan fingerprint density at radius 2 is 1.88 bits per heavy atom. The van der Waals surface area contributed by atoms with Crippen LogP contribution in [0.25, 0.3) is 0 Å². The number of nitrogens with one attached hydrogen (secondary N) is 1. The summed E-state index contributed by atoms with van der Waals surface area (Å²) in [6, 6.07) is 14.3. The van der Waals surface area contributed by atoms with Gasteiger partial charge in [0.1, 0.15) is 12.4 Å². The van der Waals surface area contributed by atoms with Crippen LogP contribution < -0.4 is 5.32 Å². The fourth-order valence-corrected chi connectivity index (χ4v) is 4.86. The van der Waals surface area contributed by atoms with E-state index in [1.54, 1.807) is 18.2 Å². The lowest BCUT2D eigenvalue weighted by atomic mass is 9.71. The third-order valence-electron chi connectivity index (χ3n) is 6.26. The van der Waals surface area contributed by atoms with E-state index in [1.165, 1.54) is 0 Å². The zero-order valence-corrected chi connectivity index (χ0v) is 20.0. The fraction of sp³-hybridized carbons (Fsp3) is 0.333. The van der Waals surface area contributed by atoms with Gasteiger partial charge >= 0.3 is 5.97 Å². The lowest BCUT2D eigenvalue weighted by molar-refractivity contribution is -0.140. The second-order valence-corrected chi connectivity index (χ2v) is 8.93. The number of aromatic hydroxyl groups is 1. The molecule has 2 aromatic carbocycles. The molecule has 0 fully saturated rings. The van der Waals surface area contributed by atoms with Gasteiger partial charge in [-0.3, -0.25) is 4.79 Å². The van der Waals surface area contributed by atoms with Crippen molar-refractivity contribution >= 4 is 23.4 Å². The molecule has 0 unspecified atom stereocenters. The molecule has 2 N–H and O–H groups in total. The van der Waals surface area contributed by atoms with Crippen molar-refractivity contribution in [2.45, 2.75) is 38.5 Å². The number of dihydropyridines is 1. The Balaban J connectivity index is 1.71. The summed E-state index contributed by atoms with van der Waals surface area (Å²) in [7, 11) is 0. The van der Waals surface area contributed by atoms with Crippen LogP contribution in [0.15, 0.2) is 71.1 Å². The van der Waals surface area contributed by atoms with Gasteiger partial charge in [-0.25, -0.2) is 4.79 Å². The van der Waals surface area contributed by atoms with Crippen molar-refractivity contribution in [3.05, 3.63) is 87.2 Å². The molecular weight excluding hydrogens is 454 g/mol. The van der Waals surface area contributed by atoms with E-state index >= 15 is 0 Å². The average Bonchev–Trinajstić information content (AvgIpc) is 2.81. The first-order valence-corrected chi connectivity index (χ1v) is 11.8. The minimum absolute atomic E-state index is 0.00772. The molecule has 0 spiro atoms. The average molecular weight is 482 g/mol. The van der Waals surface area contributed by atoms with Crippen LogP contribution in [0, 0.1) is 0 Å². The van der Waals surface area contributed by atoms with Crippen molar-refractivity contribution in [2.75, 3.05) is 19.8 Å². The van der Waals surface area contributed by atoms with Crippen LogP contribution in [0.4, 0.5) is 0 Å². The Kier molecular flexibility index (Phi) is 7.39. The van der Waals surface area contributed by atoms with Crippen molar-refractivity contribution in [1.82, 2.24) is 5.32 Å². The zero-order valence-electron chi connectivity index (χ0n) is 19.3. The summed E-state index contributed by atoms with van der Waals surface area (Å²) < 4.78 is 10.8. The number of hydrogen-bond donors (Lipinski definition) is 2. The number of ketones is 1. The van der Waals surface area contributed by atoms with E-state index in [2.05, 4.69) is 5.32 Å². The highest BCUT2D eigenvalue weighted by molar-refractivity contribution is 6.30. The number of benzene rings is 2. The highest BCUT2D eigenvalue weighted by atomic mass is 35.5. The lowest BCUT2D eigenvalue weighted by Crippen LogP contribution is -2.36. The summed E-state index contributed by atoms with van der Waals surface area (Å²) in [6.45, 7) is 4.64. The summed E-state index contributed by atoms with van der Waals surface area (Å²) in [5, 5.41) is 14.1. The molecule has 0 bridgehead atoms. The smallest absolute Gasteiger partial charge is 0.336 e. The van der Waals surface area contributed by atoms with Crippen molar-refractivity contribution in [1.29, 1.82) is 0 Å². The molecule has 1 heterocycles. The molecule has 4 rings (SSSR count). The van der Waals surface area contributed by atoms with E-state index in [-0.39, 0.29) is 24.1 Å². The standard InChI is InChI=1S/C27H28ClNO5/c1-3-33-11-12-34-27(32)24-16(2)29-22-14-19(17-7-9-20(28)10-8-17)15-23(31)26(22)25(24)18-5-4-6-21(30)13-18/h4-10,13,19,25,29-30H,3,11-12,14-15H2,1-2H3/t19-,25-/m1/s1. The fourth-order valence-electron chi connectivity index (χ4n) is 4.73. The quantitative estimate of drug-likeness (QED) is 0.428. The monoisotopic (exact) mass is 481 g/mol. The first-order chi connectivity index (χ1) is 16.4. The molecule has 6 nitrogen and oxygen atoms in total. The highest BCUT2D eigenvalue weighted by Crippen LogP contribution is 2.46. The molecule has 0 aromatic heterocycles. The van der Waals surface area contributed by atoms with Gasteiger partial charge in [-0.1, -0.05) is 35.9 Å². The van der Waals surface area contributed by atoms with E-state index in [4.69, 9.17) is 21.1 Å². The van der Waals surface area contributed by atoms with Crippen molar-refractivity contribution < 1.29 is 24.2 Å². The Hall–Kier alpha value is -3.09. The van der Waals surface area contributed by atoms with Crippen LogP contribution in [0.1, 0.15) is 49.7 Å². The van der Waals surface area contributed by atoms with Crippen LogP contribution in [0.2, 0.25) is 5.02 Å². The summed E-state index contributed by atoms with van der Waals surface area (Å²) in [5.74, 6) is -1.08. The molecule has 2 aliphatic rings. The van der Waals surface area contributed by atoms with Gasteiger partial charge in [-0.15, -0.1) is 0 Å². The molecule has 0 saturated carbocycles. The predicted molar refractivity (Wildman–Crippen MR) is 130 cm³/mol. The number of hydrogen-bond acceptors (Lipinski definition) is 6. The van der Waals surface area contributed by atoms with E-state index in [0.717, 1.165) is 11.3 Å². The summed E-state index contributed by atoms with van der Waals surface area (Å²) >= 11 is 6.04. The van der Waals surface area contributed by atoms with Crippen LogP contribution in [0.3, 0.4) is 0 Å². The predicted octanol–water partition coefficient (Wildman–Crippen LogP) is 4.99. The molecule has 0 radical (unpaired) electrons. The van der Waals surface area contributed by atoms with Crippen LogP contribution in [-0.2, 0) is 19.1 Å².